The number of allylic oxidation sites excluding steroid dienone is 4. The molecule has 1 heterocycles. The summed E-state index contributed by atoms with van der Waals surface area (Å²) in [6.07, 6.45) is 4.97. The van der Waals surface area contributed by atoms with Crippen molar-refractivity contribution in [3.8, 4) is 0 Å². The van der Waals surface area contributed by atoms with Gasteiger partial charge in [-0.25, -0.2) is 0 Å². The molecular formula is C34H27NO. The molecule has 0 atom stereocenters. The van der Waals surface area contributed by atoms with Gasteiger partial charge in [-0.15, -0.1) is 0 Å². The zero-order chi connectivity index (χ0) is 24.3. The summed E-state index contributed by atoms with van der Waals surface area (Å²) in [5, 5.41) is 0. The molecule has 0 bridgehead atoms. The lowest BCUT2D eigenvalue weighted by Gasteiger charge is -2.39. The molecule has 6 rings (SSSR count). The molecule has 0 spiro atoms. The zero-order valence-electron chi connectivity index (χ0n) is 20.1. The minimum absolute atomic E-state index is 0.116. The van der Waals surface area contributed by atoms with Gasteiger partial charge in [0.05, 0.1) is 11.4 Å². The van der Waals surface area contributed by atoms with E-state index in [-0.39, 0.29) is 5.78 Å². The minimum Gasteiger partial charge on any atom is -0.309 e. The highest BCUT2D eigenvalue weighted by Crippen LogP contribution is 2.47. The van der Waals surface area contributed by atoms with Gasteiger partial charge >= 0.3 is 0 Å². The van der Waals surface area contributed by atoms with Crippen molar-refractivity contribution >= 4 is 22.7 Å². The average Bonchev–Trinajstić information content (AvgIpc) is 2.97. The molecule has 1 aliphatic heterocycles. The Hall–Kier alpha value is -4.43. The van der Waals surface area contributed by atoms with Gasteiger partial charge in [0.15, 0.2) is 5.78 Å². The second kappa shape index (κ2) is 9.67. The van der Waals surface area contributed by atoms with Crippen molar-refractivity contribution in [3.05, 3.63) is 161 Å². The first kappa shape index (κ1) is 22.1. The van der Waals surface area contributed by atoms with Crippen LogP contribution in [0.3, 0.4) is 0 Å². The predicted molar refractivity (Wildman–Crippen MR) is 148 cm³/mol. The van der Waals surface area contributed by atoms with Crippen LogP contribution in [0, 0.1) is 0 Å². The number of para-hydroxylation sites is 1. The van der Waals surface area contributed by atoms with Crippen LogP contribution in [0.15, 0.2) is 144 Å². The smallest absolute Gasteiger partial charge is 0.191 e. The number of ketones is 1. The van der Waals surface area contributed by atoms with Crippen LogP contribution in [0.2, 0.25) is 0 Å². The van der Waals surface area contributed by atoms with Gasteiger partial charge < -0.3 is 4.90 Å². The number of hydrogen-bond donors (Lipinski definition) is 0. The Bertz CT molecular complexity index is 1480. The lowest BCUT2D eigenvalue weighted by molar-refractivity contribution is 0.102. The van der Waals surface area contributed by atoms with Gasteiger partial charge in [0.25, 0.3) is 0 Å². The van der Waals surface area contributed by atoms with Gasteiger partial charge in [0, 0.05) is 16.8 Å². The summed E-state index contributed by atoms with van der Waals surface area (Å²) < 4.78 is 0. The van der Waals surface area contributed by atoms with Crippen LogP contribution in [-0.2, 0) is 0 Å². The van der Waals surface area contributed by atoms with Crippen LogP contribution in [0.5, 0.6) is 0 Å². The Morgan fingerprint density at radius 2 is 1.17 bits per heavy atom. The first-order valence-electron chi connectivity index (χ1n) is 12.6. The summed E-state index contributed by atoms with van der Waals surface area (Å²) in [6.45, 7) is 0. The van der Waals surface area contributed by atoms with Crippen LogP contribution in [0.4, 0.5) is 5.69 Å². The molecule has 2 aliphatic rings. The van der Waals surface area contributed by atoms with E-state index in [4.69, 9.17) is 0 Å². The number of fused-ring (bicyclic) bond motifs is 1. The fourth-order valence-corrected chi connectivity index (χ4v) is 5.33. The van der Waals surface area contributed by atoms with E-state index in [2.05, 4.69) is 89.8 Å². The molecule has 0 fully saturated rings. The summed E-state index contributed by atoms with van der Waals surface area (Å²) >= 11 is 0. The third-order valence-corrected chi connectivity index (χ3v) is 6.97. The molecule has 0 radical (unpaired) electrons. The minimum atomic E-state index is 0.116. The topological polar surface area (TPSA) is 20.3 Å². The number of hydrogen-bond acceptors (Lipinski definition) is 2. The molecule has 1 aliphatic carbocycles. The molecular weight excluding hydrogens is 438 g/mol. The average molecular weight is 466 g/mol. The third kappa shape index (κ3) is 4.01. The van der Waals surface area contributed by atoms with E-state index < -0.39 is 0 Å². The Kier molecular flexibility index (Phi) is 5.93. The van der Waals surface area contributed by atoms with E-state index in [9.17, 15) is 4.79 Å². The highest BCUT2D eigenvalue weighted by atomic mass is 16.1. The summed E-state index contributed by atoms with van der Waals surface area (Å²) in [4.78, 5) is 16.3. The molecule has 2 heteroatoms. The summed E-state index contributed by atoms with van der Waals surface area (Å²) in [7, 11) is 0. The van der Waals surface area contributed by atoms with Crippen LogP contribution in [0.25, 0.3) is 11.3 Å². The Labute approximate surface area is 212 Å². The van der Waals surface area contributed by atoms with Crippen molar-refractivity contribution in [1.29, 1.82) is 0 Å². The summed E-state index contributed by atoms with van der Waals surface area (Å²) in [5.41, 5.74) is 9.57. The van der Waals surface area contributed by atoms with Crippen molar-refractivity contribution in [2.75, 3.05) is 4.90 Å². The maximum atomic E-state index is 14.0. The van der Waals surface area contributed by atoms with Gasteiger partial charge in [-0.3, -0.25) is 4.79 Å². The van der Waals surface area contributed by atoms with Crippen LogP contribution < -0.4 is 4.90 Å². The maximum absolute atomic E-state index is 14.0. The van der Waals surface area contributed by atoms with Crippen molar-refractivity contribution in [3.63, 3.8) is 0 Å². The second-order valence-electron chi connectivity index (χ2n) is 9.20. The first-order chi connectivity index (χ1) is 17.8. The number of nitrogens with zero attached hydrogens (tertiary/aromatic N) is 1. The molecule has 0 unspecified atom stereocenters. The van der Waals surface area contributed by atoms with Crippen molar-refractivity contribution in [2.45, 2.75) is 19.3 Å². The number of anilines is 1. The fourth-order valence-electron chi connectivity index (χ4n) is 5.33. The van der Waals surface area contributed by atoms with E-state index in [1.54, 1.807) is 0 Å². The molecule has 4 aromatic rings. The fraction of sp³-hybridized carbons (Fsp3) is 0.0882. The molecule has 0 aromatic heterocycles. The number of Topliss-reactive ketones (excluding diaryl/α,β-unsaturated/α-hetero) is 1. The van der Waals surface area contributed by atoms with Crippen LogP contribution in [0.1, 0.15) is 40.7 Å². The van der Waals surface area contributed by atoms with Gasteiger partial charge in [0.1, 0.15) is 0 Å². The highest BCUT2D eigenvalue weighted by Gasteiger charge is 2.34. The molecule has 0 saturated heterocycles. The Balaban J connectivity index is 1.67. The first-order valence-corrected chi connectivity index (χ1v) is 12.6. The van der Waals surface area contributed by atoms with Crippen LogP contribution >= 0.6 is 0 Å². The van der Waals surface area contributed by atoms with Crippen LogP contribution in [-0.4, -0.2) is 5.78 Å². The molecule has 36 heavy (non-hydrogen) atoms. The summed E-state index contributed by atoms with van der Waals surface area (Å²) in [6, 6.07) is 41.2. The zero-order valence-corrected chi connectivity index (χ0v) is 20.1. The second-order valence-corrected chi connectivity index (χ2v) is 9.20. The summed E-state index contributed by atoms with van der Waals surface area (Å²) in [5.74, 6) is 0.116. The largest absolute Gasteiger partial charge is 0.309 e. The third-order valence-electron chi connectivity index (χ3n) is 6.97. The maximum Gasteiger partial charge on any atom is 0.191 e. The van der Waals surface area contributed by atoms with E-state index in [0.29, 0.717) is 0 Å². The molecule has 0 saturated carbocycles. The molecule has 2 nitrogen and oxygen atoms in total. The lowest BCUT2D eigenvalue weighted by atomic mass is 9.80. The van der Waals surface area contributed by atoms with Crippen molar-refractivity contribution < 1.29 is 4.79 Å². The van der Waals surface area contributed by atoms with Gasteiger partial charge in [-0.1, -0.05) is 109 Å². The Morgan fingerprint density at radius 3 is 1.81 bits per heavy atom. The molecule has 4 aromatic carbocycles. The van der Waals surface area contributed by atoms with Crippen molar-refractivity contribution in [1.82, 2.24) is 0 Å². The van der Waals surface area contributed by atoms with Gasteiger partial charge in [-0.2, -0.15) is 0 Å². The van der Waals surface area contributed by atoms with Crippen molar-refractivity contribution in [2.24, 2.45) is 0 Å². The molecule has 0 N–H and O–H groups in total. The predicted octanol–water partition coefficient (Wildman–Crippen LogP) is 8.32. The quantitative estimate of drug-likeness (QED) is 0.276. The number of carbonyl (C=O) groups is 1. The lowest BCUT2D eigenvalue weighted by Crippen LogP contribution is -2.30. The molecule has 174 valence electrons. The van der Waals surface area contributed by atoms with Gasteiger partial charge in [0.2, 0.25) is 0 Å². The van der Waals surface area contributed by atoms with E-state index in [0.717, 1.165) is 53.0 Å². The highest BCUT2D eigenvalue weighted by molar-refractivity contribution is 6.12. The number of carbonyl (C=O) groups excluding carboxylic acids is 1. The number of rotatable bonds is 5. The van der Waals surface area contributed by atoms with E-state index >= 15 is 0 Å². The standard InChI is InChI=1S/C34H27NO/c36-34(27-18-9-3-10-19-27)30-23-13-22-29-31(25-14-5-1-6-15-25)24-32(26-16-7-2-8-17-26)35(33(29)30)28-20-11-4-12-21-28/h1-12,14-21,24H,13,22-23H2. The normalized spacial score (nSPS) is 15.4. The number of benzene rings is 4. The molecule has 0 amide bonds. The van der Waals surface area contributed by atoms with E-state index in [1.165, 1.54) is 16.7 Å². The SMILES string of the molecule is O=C(C1=C2C(=C(c3ccccc3)C=C(c3ccccc3)N2c2ccccc2)CCC1)c1ccccc1. The monoisotopic (exact) mass is 465 g/mol. The van der Waals surface area contributed by atoms with Gasteiger partial charge in [-0.05, 0) is 59.7 Å². The Morgan fingerprint density at radius 1 is 0.611 bits per heavy atom. The van der Waals surface area contributed by atoms with E-state index in [1.807, 2.05) is 42.5 Å².